The Morgan fingerprint density at radius 1 is 0.812 bits per heavy atom. The van der Waals surface area contributed by atoms with E-state index in [0.717, 1.165) is 16.2 Å². The van der Waals surface area contributed by atoms with E-state index >= 15 is 0 Å². The van der Waals surface area contributed by atoms with Crippen molar-refractivity contribution < 1.29 is 9.26 Å². The van der Waals surface area contributed by atoms with Crippen molar-refractivity contribution in [2.24, 2.45) is 0 Å². The van der Waals surface area contributed by atoms with Crippen LogP contribution < -0.4 is 0 Å². The summed E-state index contributed by atoms with van der Waals surface area (Å²) < 4.78 is 9.81. The van der Waals surface area contributed by atoms with Gasteiger partial charge < -0.3 is 0 Å². The van der Waals surface area contributed by atoms with E-state index in [1.54, 1.807) is 6.20 Å². The summed E-state index contributed by atoms with van der Waals surface area (Å²) in [6.07, 6.45) is 1.64. The molecule has 0 saturated carbocycles. The lowest BCUT2D eigenvalue weighted by Gasteiger charge is -1.97. The van der Waals surface area contributed by atoms with Crippen molar-refractivity contribution in [1.82, 2.24) is 5.16 Å². The van der Waals surface area contributed by atoms with E-state index in [9.17, 15) is 0 Å². The number of aromatic nitrogens is 1. The first-order valence-electron chi connectivity index (χ1n) is 5.00. The smallest absolute Gasteiger partial charge is 0.189 e. The number of rotatable bonds is 0. The van der Waals surface area contributed by atoms with Gasteiger partial charge in [-0.15, -0.1) is 0 Å². The van der Waals surface area contributed by atoms with Gasteiger partial charge in [-0.25, -0.2) is 0 Å². The molecule has 0 spiro atoms. The molecular weight excluding hydrogens is 202 g/mol. The van der Waals surface area contributed by atoms with Crippen LogP contribution in [-0.2, 0) is 0 Å². The molecule has 16 heavy (non-hydrogen) atoms. The van der Waals surface area contributed by atoms with Gasteiger partial charge in [-0.2, -0.15) is 4.68 Å². The standard InChI is InChI=1S/C13H9NO2/c1-2-6-11-10(5-1)9-14-16-15-13-8-4-3-7-12(11)13/h1-9H. The third kappa shape index (κ3) is 1.42. The highest BCUT2D eigenvalue weighted by Crippen LogP contribution is 2.21. The molecule has 0 atom stereocenters. The Labute approximate surface area is 91.5 Å². The lowest BCUT2D eigenvalue weighted by Crippen LogP contribution is -1.75. The van der Waals surface area contributed by atoms with Gasteiger partial charge in [0.1, 0.15) is 0 Å². The zero-order chi connectivity index (χ0) is 10.8. The predicted octanol–water partition coefficient (Wildman–Crippen LogP) is 3.70. The van der Waals surface area contributed by atoms with Gasteiger partial charge in [-0.1, -0.05) is 42.5 Å². The number of nitrogens with zero attached hydrogens (tertiary/aromatic N) is 1. The van der Waals surface area contributed by atoms with Crippen molar-refractivity contribution in [3.05, 3.63) is 54.7 Å². The molecule has 0 bridgehead atoms. The maximum atomic E-state index is 5.09. The molecule has 0 unspecified atom stereocenters. The van der Waals surface area contributed by atoms with Crippen molar-refractivity contribution in [3.8, 4) is 0 Å². The molecule has 0 radical (unpaired) electrons. The SMILES string of the molecule is c1ccc2c(c1)cnooc1ccccc12. The first-order valence-corrected chi connectivity index (χ1v) is 5.00. The maximum Gasteiger partial charge on any atom is 0.189 e. The molecular formula is C13H9NO2. The first kappa shape index (κ1) is 8.97. The molecule has 0 aliphatic rings. The second kappa shape index (κ2) is 3.70. The topological polar surface area (TPSA) is 39.2 Å². The van der Waals surface area contributed by atoms with Crippen LogP contribution in [0.2, 0.25) is 0 Å². The Morgan fingerprint density at radius 2 is 1.56 bits per heavy atom. The summed E-state index contributed by atoms with van der Waals surface area (Å²) in [5.74, 6) is 0. The molecule has 0 N–H and O–H groups in total. The predicted molar refractivity (Wildman–Crippen MR) is 61.4 cm³/mol. The molecule has 0 aliphatic carbocycles. The second-order valence-corrected chi connectivity index (χ2v) is 3.48. The van der Waals surface area contributed by atoms with Gasteiger partial charge in [0.2, 0.25) is 0 Å². The molecule has 0 amide bonds. The highest BCUT2D eigenvalue weighted by atomic mass is 17.0. The van der Waals surface area contributed by atoms with Gasteiger partial charge in [0.25, 0.3) is 0 Å². The second-order valence-electron chi connectivity index (χ2n) is 3.48. The van der Waals surface area contributed by atoms with Crippen LogP contribution in [0.1, 0.15) is 0 Å². The Kier molecular flexibility index (Phi) is 2.07. The van der Waals surface area contributed by atoms with Crippen molar-refractivity contribution in [2.45, 2.75) is 0 Å². The fourth-order valence-electron chi connectivity index (χ4n) is 1.76. The van der Waals surface area contributed by atoms with Crippen molar-refractivity contribution >= 4 is 21.7 Å². The highest BCUT2D eigenvalue weighted by molar-refractivity contribution is 6.02. The molecule has 78 valence electrons. The third-order valence-electron chi connectivity index (χ3n) is 2.50. The van der Waals surface area contributed by atoms with E-state index in [2.05, 4.69) is 5.16 Å². The van der Waals surface area contributed by atoms with E-state index < -0.39 is 0 Å². The number of hydrogen-bond donors (Lipinski definition) is 0. The summed E-state index contributed by atoms with van der Waals surface area (Å²) in [5, 5.41) is 6.83. The van der Waals surface area contributed by atoms with Crippen LogP contribution in [-0.4, -0.2) is 5.16 Å². The zero-order valence-corrected chi connectivity index (χ0v) is 8.46. The lowest BCUT2D eigenvalue weighted by atomic mass is 10.1. The van der Waals surface area contributed by atoms with Crippen LogP contribution in [0.3, 0.4) is 0 Å². The van der Waals surface area contributed by atoms with Gasteiger partial charge in [0.15, 0.2) is 5.58 Å². The summed E-state index contributed by atoms with van der Waals surface area (Å²) in [4.78, 5) is 0. The monoisotopic (exact) mass is 211 g/mol. The van der Waals surface area contributed by atoms with Crippen LogP contribution in [0.5, 0.6) is 0 Å². The lowest BCUT2D eigenvalue weighted by molar-refractivity contribution is 0.00743. The molecule has 3 aromatic rings. The summed E-state index contributed by atoms with van der Waals surface area (Å²) in [6, 6.07) is 15.7. The maximum absolute atomic E-state index is 5.09. The zero-order valence-electron chi connectivity index (χ0n) is 8.46. The van der Waals surface area contributed by atoms with Gasteiger partial charge in [0, 0.05) is 10.8 Å². The Morgan fingerprint density at radius 3 is 2.50 bits per heavy atom. The molecule has 2 aromatic carbocycles. The summed E-state index contributed by atoms with van der Waals surface area (Å²) in [7, 11) is 0. The Balaban J connectivity index is 2.63. The van der Waals surface area contributed by atoms with E-state index in [1.165, 1.54) is 0 Å². The molecule has 0 aliphatic heterocycles. The van der Waals surface area contributed by atoms with Crippen molar-refractivity contribution in [1.29, 1.82) is 0 Å². The average Bonchev–Trinajstić information content (AvgIpc) is 2.33. The summed E-state index contributed by atoms with van der Waals surface area (Å²) >= 11 is 0. The minimum absolute atomic E-state index is 0.673. The van der Waals surface area contributed by atoms with Crippen LogP contribution in [0.4, 0.5) is 0 Å². The molecule has 0 fully saturated rings. The van der Waals surface area contributed by atoms with E-state index in [1.807, 2.05) is 48.5 Å². The summed E-state index contributed by atoms with van der Waals surface area (Å²) in [6.45, 7) is 0. The Hall–Kier alpha value is -2.29. The quantitative estimate of drug-likeness (QED) is 0.532. The molecule has 3 rings (SSSR count). The number of benzene rings is 2. The highest BCUT2D eigenvalue weighted by Gasteiger charge is 1.98. The first-order chi connectivity index (χ1) is 7.95. The minimum atomic E-state index is 0.673. The van der Waals surface area contributed by atoms with E-state index in [4.69, 9.17) is 9.26 Å². The van der Waals surface area contributed by atoms with E-state index in [0.29, 0.717) is 5.58 Å². The van der Waals surface area contributed by atoms with Gasteiger partial charge in [-0.05, 0) is 16.6 Å². The molecule has 1 heterocycles. The van der Waals surface area contributed by atoms with Crippen molar-refractivity contribution in [3.63, 3.8) is 0 Å². The van der Waals surface area contributed by atoms with E-state index in [-0.39, 0.29) is 0 Å². The van der Waals surface area contributed by atoms with Crippen LogP contribution in [0, 0.1) is 0 Å². The normalized spacial score (nSPS) is 10.5. The largest absolute Gasteiger partial charge is 0.267 e. The molecule has 1 aromatic heterocycles. The van der Waals surface area contributed by atoms with Crippen LogP contribution in [0.15, 0.2) is 64.0 Å². The number of hydrogen-bond acceptors (Lipinski definition) is 3. The van der Waals surface area contributed by atoms with Gasteiger partial charge >= 0.3 is 0 Å². The Bertz CT molecular complexity index is 620. The minimum Gasteiger partial charge on any atom is -0.267 e. The fourth-order valence-corrected chi connectivity index (χ4v) is 1.76. The molecule has 3 nitrogen and oxygen atoms in total. The average molecular weight is 211 g/mol. The van der Waals surface area contributed by atoms with Crippen LogP contribution >= 0.6 is 0 Å². The number of para-hydroxylation sites is 1. The van der Waals surface area contributed by atoms with Gasteiger partial charge in [0.05, 0.1) is 6.20 Å². The van der Waals surface area contributed by atoms with Gasteiger partial charge in [-0.3, -0.25) is 4.58 Å². The fraction of sp³-hybridized carbons (Fsp3) is 0. The van der Waals surface area contributed by atoms with Crippen LogP contribution in [0.25, 0.3) is 21.7 Å². The van der Waals surface area contributed by atoms with Crippen molar-refractivity contribution in [2.75, 3.05) is 0 Å². The summed E-state index contributed by atoms with van der Waals surface area (Å²) in [5.41, 5.74) is 0.673. The third-order valence-corrected chi connectivity index (χ3v) is 2.50. The molecule has 3 heteroatoms. The number of fused-ring (bicyclic) bond motifs is 3. The molecule has 0 saturated heterocycles.